The largest absolute Gasteiger partial charge is 0.342 e. The van der Waals surface area contributed by atoms with E-state index in [0.29, 0.717) is 0 Å². The average Bonchev–Trinajstić information content (AvgIpc) is 2.91. The number of amides is 1. The van der Waals surface area contributed by atoms with Crippen LogP contribution in [0.4, 0.5) is 0 Å². The maximum Gasteiger partial charge on any atom is 0.226 e. The molecular formula is C17H20N2O. The Morgan fingerprint density at radius 1 is 1.25 bits per heavy atom. The van der Waals surface area contributed by atoms with Crippen LogP contribution in [-0.2, 0) is 17.6 Å². The molecule has 1 amide bonds. The minimum atomic E-state index is -0.241. The van der Waals surface area contributed by atoms with Crippen molar-refractivity contribution in [1.29, 1.82) is 5.26 Å². The van der Waals surface area contributed by atoms with Crippen molar-refractivity contribution in [2.45, 2.75) is 32.6 Å². The third-order valence-corrected chi connectivity index (χ3v) is 4.85. The molecule has 0 atom stereocenters. The van der Waals surface area contributed by atoms with Crippen molar-refractivity contribution < 1.29 is 4.79 Å². The molecule has 1 aliphatic carbocycles. The SMILES string of the molecule is CC1(C#N)CCN(C(=O)C2Cc3ccccc3C2)CC1. The van der Waals surface area contributed by atoms with Crippen LogP contribution < -0.4 is 0 Å². The number of rotatable bonds is 1. The first-order chi connectivity index (χ1) is 9.61. The lowest BCUT2D eigenvalue weighted by atomic mass is 9.81. The molecule has 0 saturated carbocycles. The van der Waals surface area contributed by atoms with Gasteiger partial charge in [-0.1, -0.05) is 24.3 Å². The number of nitriles is 1. The molecule has 104 valence electrons. The number of likely N-dealkylation sites (tertiary alicyclic amines) is 1. The monoisotopic (exact) mass is 268 g/mol. The second-order valence-corrected chi connectivity index (χ2v) is 6.37. The van der Waals surface area contributed by atoms with Crippen molar-refractivity contribution in [1.82, 2.24) is 4.90 Å². The van der Waals surface area contributed by atoms with Gasteiger partial charge in [0.2, 0.25) is 5.91 Å². The first-order valence-corrected chi connectivity index (χ1v) is 7.38. The second-order valence-electron chi connectivity index (χ2n) is 6.37. The van der Waals surface area contributed by atoms with E-state index < -0.39 is 0 Å². The molecule has 0 unspecified atom stereocenters. The molecular weight excluding hydrogens is 248 g/mol. The summed E-state index contributed by atoms with van der Waals surface area (Å²) in [5.41, 5.74) is 2.41. The van der Waals surface area contributed by atoms with Crippen LogP contribution in [0.1, 0.15) is 30.9 Å². The van der Waals surface area contributed by atoms with Gasteiger partial charge >= 0.3 is 0 Å². The summed E-state index contributed by atoms with van der Waals surface area (Å²) in [5.74, 6) is 0.389. The number of carbonyl (C=O) groups excluding carboxylic acids is 1. The Balaban J connectivity index is 1.64. The van der Waals surface area contributed by atoms with Gasteiger partial charge < -0.3 is 4.90 Å². The van der Waals surface area contributed by atoms with E-state index in [0.717, 1.165) is 38.8 Å². The molecule has 1 aromatic carbocycles. The molecule has 1 saturated heterocycles. The Morgan fingerprint density at radius 2 is 1.80 bits per heavy atom. The van der Waals surface area contributed by atoms with Crippen LogP contribution in [0.5, 0.6) is 0 Å². The number of hydrogen-bond acceptors (Lipinski definition) is 2. The summed E-state index contributed by atoms with van der Waals surface area (Å²) in [6.45, 7) is 3.46. The van der Waals surface area contributed by atoms with Gasteiger partial charge in [0.15, 0.2) is 0 Å². The summed E-state index contributed by atoms with van der Waals surface area (Å²) in [4.78, 5) is 14.6. The standard InChI is InChI=1S/C17H20N2O/c1-17(12-18)6-8-19(9-7-17)16(20)15-10-13-4-2-3-5-14(13)11-15/h2-5,15H,6-11H2,1H3. The van der Waals surface area contributed by atoms with E-state index in [1.807, 2.05) is 24.0 Å². The first-order valence-electron chi connectivity index (χ1n) is 7.38. The quantitative estimate of drug-likeness (QED) is 0.785. The van der Waals surface area contributed by atoms with E-state index in [1.54, 1.807) is 0 Å². The summed E-state index contributed by atoms with van der Waals surface area (Å²) < 4.78 is 0. The predicted octanol–water partition coefficient (Wildman–Crippen LogP) is 2.55. The van der Waals surface area contributed by atoms with Crippen molar-refractivity contribution in [2.24, 2.45) is 11.3 Å². The zero-order chi connectivity index (χ0) is 14.2. The normalized spacial score (nSPS) is 21.3. The maximum atomic E-state index is 12.6. The van der Waals surface area contributed by atoms with Crippen LogP contribution in [0, 0.1) is 22.7 Å². The zero-order valence-corrected chi connectivity index (χ0v) is 11.9. The third-order valence-electron chi connectivity index (χ3n) is 4.85. The fourth-order valence-corrected chi connectivity index (χ4v) is 3.32. The molecule has 1 fully saturated rings. The van der Waals surface area contributed by atoms with Crippen molar-refractivity contribution in [3.05, 3.63) is 35.4 Å². The predicted molar refractivity (Wildman–Crippen MR) is 76.9 cm³/mol. The van der Waals surface area contributed by atoms with Gasteiger partial charge in [0.25, 0.3) is 0 Å². The zero-order valence-electron chi connectivity index (χ0n) is 11.9. The summed E-state index contributed by atoms with van der Waals surface area (Å²) >= 11 is 0. The molecule has 0 spiro atoms. The van der Waals surface area contributed by atoms with Crippen LogP contribution in [-0.4, -0.2) is 23.9 Å². The lowest BCUT2D eigenvalue weighted by Gasteiger charge is -2.36. The number of benzene rings is 1. The maximum absolute atomic E-state index is 12.6. The highest BCUT2D eigenvalue weighted by Crippen LogP contribution is 2.33. The Bertz CT molecular complexity index is 540. The van der Waals surface area contributed by atoms with Gasteiger partial charge in [-0.3, -0.25) is 4.79 Å². The molecule has 0 bridgehead atoms. The van der Waals surface area contributed by atoms with E-state index in [-0.39, 0.29) is 17.2 Å². The molecule has 0 N–H and O–H groups in total. The van der Waals surface area contributed by atoms with E-state index >= 15 is 0 Å². The molecule has 2 aliphatic rings. The van der Waals surface area contributed by atoms with Crippen LogP contribution in [0.2, 0.25) is 0 Å². The molecule has 1 heterocycles. The molecule has 3 heteroatoms. The fraction of sp³-hybridized carbons (Fsp3) is 0.529. The highest BCUT2D eigenvalue weighted by atomic mass is 16.2. The summed E-state index contributed by atoms with van der Waals surface area (Å²) in [5, 5.41) is 9.15. The van der Waals surface area contributed by atoms with E-state index in [1.165, 1.54) is 11.1 Å². The van der Waals surface area contributed by atoms with Crippen LogP contribution in [0.25, 0.3) is 0 Å². The van der Waals surface area contributed by atoms with Gasteiger partial charge in [0, 0.05) is 19.0 Å². The molecule has 0 radical (unpaired) electrons. The Hall–Kier alpha value is -1.82. The number of fused-ring (bicyclic) bond motifs is 1. The smallest absolute Gasteiger partial charge is 0.226 e. The van der Waals surface area contributed by atoms with Crippen LogP contribution >= 0.6 is 0 Å². The van der Waals surface area contributed by atoms with Gasteiger partial charge in [0.05, 0.1) is 11.5 Å². The Morgan fingerprint density at radius 3 is 2.30 bits per heavy atom. The molecule has 3 rings (SSSR count). The van der Waals surface area contributed by atoms with Gasteiger partial charge in [-0.25, -0.2) is 0 Å². The fourth-order valence-electron chi connectivity index (χ4n) is 3.32. The molecule has 1 aromatic rings. The van der Waals surface area contributed by atoms with E-state index in [4.69, 9.17) is 5.26 Å². The summed E-state index contributed by atoms with van der Waals surface area (Å²) in [6, 6.07) is 10.7. The van der Waals surface area contributed by atoms with Crippen LogP contribution in [0.15, 0.2) is 24.3 Å². The number of carbonyl (C=O) groups is 1. The Kier molecular flexibility index (Phi) is 3.25. The topological polar surface area (TPSA) is 44.1 Å². The number of hydrogen-bond donors (Lipinski definition) is 0. The summed E-state index contributed by atoms with van der Waals surface area (Å²) in [6.07, 6.45) is 3.35. The van der Waals surface area contributed by atoms with Gasteiger partial charge in [-0.15, -0.1) is 0 Å². The Labute approximate surface area is 120 Å². The van der Waals surface area contributed by atoms with E-state index in [2.05, 4.69) is 18.2 Å². The first kappa shape index (κ1) is 13.2. The van der Waals surface area contributed by atoms with Crippen molar-refractivity contribution in [3.63, 3.8) is 0 Å². The van der Waals surface area contributed by atoms with Crippen molar-refractivity contribution >= 4 is 5.91 Å². The average molecular weight is 268 g/mol. The molecule has 1 aliphatic heterocycles. The lowest BCUT2D eigenvalue weighted by molar-refractivity contribution is -0.137. The van der Waals surface area contributed by atoms with Gasteiger partial charge in [-0.05, 0) is 43.7 Å². The van der Waals surface area contributed by atoms with Gasteiger partial charge in [-0.2, -0.15) is 5.26 Å². The lowest BCUT2D eigenvalue weighted by Crippen LogP contribution is -2.44. The number of nitrogens with zero attached hydrogens (tertiary/aromatic N) is 2. The van der Waals surface area contributed by atoms with E-state index in [9.17, 15) is 4.79 Å². The third kappa shape index (κ3) is 2.31. The summed E-state index contributed by atoms with van der Waals surface area (Å²) in [7, 11) is 0. The highest BCUT2D eigenvalue weighted by molar-refractivity contribution is 5.80. The van der Waals surface area contributed by atoms with Gasteiger partial charge in [0.1, 0.15) is 0 Å². The molecule has 20 heavy (non-hydrogen) atoms. The minimum Gasteiger partial charge on any atom is -0.342 e. The molecule has 3 nitrogen and oxygen atoms in total. The van der Waals surface area contributed by atoms with Crippen LogP contribution in [0.3, 0.4) is 0 Å². The second kappa shape index (κ2) is 4.94. The number of piperidine rings is 1. The molecule has 0 aromatic heterocycles. The minimum absolute atomic E-state index is 0.110. The highest BCUT2D eigenvalue weighted by Gasteiger charge is 2.35. The van der Waals surface area contributed by atoms with Crippen molar-refractivity contribution in [2.75, 3.05) is 13.1 Å². The van der Waals surface area contributed by atoms with Crippen molar-refractivity contribution in [3.8, 4) is 6.07 Å².